The summed E-state index contributed by atoms with van der Waals surface area (Å²) in [7, 11) is 0. The first-order chi connectivity index (χ1) is 19.4. The number of hydrogen-bond donors (Lipinski definition) is 3. The molecule has 2 saturated heterocycles. The molecule has 0 radical (unpaired) electrons. The summed E-state index contributed by atoms with van der Waals surface area (Å²) in [6.45, 7) is 32.9. The summed E-state index contributed by atoms with van der Waals surface area (Å²) in [5.41, 5.74) is 7.09. The lowest BCUT2D eigenvalue weighted by atomic mass is 9.66. The number of aliphatic imine (C=N–C) groups is 1. The second kappa shape index (κ2) is 12.3. The second-order valence-corrected chi connectivity index (χ2v) is 18.0. The van der Waals surface area contributed by atoms with E-state index in [-0.39, 0.29) is 39.2 Å². The number of unbranched alkanes of at least 4 members (excludes halogenated alkanes) is 3. The van der Waals surface area contributed by atoms with Crippen molar-refractivity contribution >= 4 is 11.7 Å². The number of piperidine rings is 2. The molecule has 2 aliphatic rings. The van der Waals surface area contributed by atoms with Crippen molar-refractivity contribution in [1.82, 2.24) is 25.2 Å². The van der Waals surface area contributed by atoms with Crippen molar-refractivity contribution in [2.45, 2.75) is 188 Å². The molecule has 4 N–H and O–H groups in total. The molecule has 8 nitrogen and oxygen atoms in total. The number of nitrogens with two attached hydrogens (primary N) is 1. The van der Waals surface area contributed by atoms with Crippen LogP contribution in [0.4, 0.5) is 5.95 Å². The fraction of sp³-hybridized carbons (Fsp3) is 0.886. The Kier molecular flexibility index (Phi) is 10.2. The molecule has 0 bridgehead atoms. The lowest BCUT2D eigenvalue weighted by Gasteiger charge is -2.59. The van der Waals surface area contributed by atoms with Gasteiger partial charge in [0, 0.05) is 22.2 Å². The average molecular weight is 599 g/mol. The highest BCUT2D eigenvalue weighted by molar-refractivity contribution is 6.02. The molecule has 1 aromatic rings. The minimum Gasteiger partial charge on any atom is -0.349 e. The summed E-state index contributed by atoms with van der Waals surface area (Å²) in [5.74, 6) is 1.18. The van der Waals surface area contributed by atoms with Gasteiger partial charge in [-0.15, -0.1) is 0 Å². The van der Waals surface area contributed by atoms with Gasteiger partial charge in [-0.3, -0.25) is 9.89 Å². The van der Waals surface area contributed by atoms with Crippen LogP contribution in [0.1, 0.15) is 154 Å². The van der Waals surface area contributed by atoms with E-state index in [1.165, 1.54) is 25.7 Å². The third-order valence-electron chi connectivity index (χ3n) is 9.23. The SMILES string of the molecule is CCCCCCN1C(C)(C)CC(N)(c2ncnc(NC(C)(C)CC(C)(C)C)n2)C(=NC2CC(C)(C)NC(C)(C)C2)C1(C)C. The van der Waals surface area contributed by atoms with Crippen LogP contribution in [-0.2, 0) is 5.54 Å². The van der Waals surface area contributed by atoms with Crippen LogP contribution < -0.4 is 16.4 Å². The van der Waals surface area contributed by atoms with Gasteiger partial charge in [0.1, 0.15) is 11.9 Å². The highest BCUT2D eigenvalue weighted by atomic mass is 15.3. The highest BCUT2D eigenvalue weighted by Gasteiger charge is 2.57. The molecule has 2 fully saturated rings. The summed E-state index contributed by atoms with van der Waals surface area (Å²) < 4.78 is 0. The van der Waals surface area contributed by atoms with E-state index in [0.717, 1.165) is 31.5 Å². The van der Waals surface area contributed by atoms with E-state index in [4.69, 9.17) is 20.7 Å². The molecule has 0 aliphatic carbocycles. The largest absolute Gasteiger partial charge is 0.349 e. The summed E-state index contributed by atoms with van der Waals surface area (Å²) in [5, 5.41) is 7.43. The van der Waals surface area contributed by atoms with Gasteiger partial charge in [-0.1, -0.05) is 47.0 Å². The predicted octanol–water partition coefficient (Wildman–Crippen LogP) is 7.25. The van der Waals surface area contributed by atoms with E-state index < -0.39 is 5.54 Å². The Morgan fingerprint density at radius 2 is 1.56 bits per heavy atom. The Bertz CT molecular complexity index is 1110. The Morgan fingerprint density at radius 1 is 0.953 bits per heavy atom. The molecule has 8 heteroatoms. The molecule has 0 saturated carbocycles. The molecule has 3 heterocycles. The first kappa shape index (κ1) is 35.8. The molecule has 2 aliphatic heterocycles. The third-order valence-corrected chi connectivity index (χ3v) is 9.23. The normalized spacial score (nSPS) is 26.9. The van der Waals surface area contributed by atoms with Crippen LogP contribution in [-0.4, -0.2) is 65.8 Å². The number of nitrogens with one attached hydrogen (secondary N) is 2. The van der Waals surface area contributed by atoms with Crippen molar-refractivity contribution < 1.29 is 0 Å². The lowest BCUT2D eigenvalue weighted by Crippen LogP contribution is -2.73. The Morgan fingerprint density at radius 3 is 2.12 bits per heavy atom. The minimum absolute atomic E-state index is 0.0193. The maximum Gasteiger partial charge on any atom is 0.226 e. The standard InChI is InChI=1S/C35H66N8/c1-15-16-17-18-19-43-33(11,12)23-35(36,27-37-24-38-28(40-27)41-32(9,10)22-29(2,3)4)26(34(43,13)14)39-25-20-30(5,6)42-31(7,8)21-25/h24-25,42H,15-23,36H2,1-14H3,(H,37,38,40,41). The summed E-state index contributed by atoms with van der Waals surface area (Å²) in [6.07, 6.45) is 10.1. The van der Waals surface area contributed by atoms with Crippen LogP contribution in [0.25, 0.3) is 0 Å². The third kappa shape index (κ3) is 8.97. The zero-order chi connectivity index (χ0) is 32.7. The van der Waals surface area contributed by atoms with Crippen LogP contribution in [0.5, 0.6) is 0 Å². The zero-order valence-corrected chi connectivity index (χ0v) is 30.3. The molecular formula is C35H66N8. The molecule has 1 aromatic heterocycles. The highest BCUT2D eigenvalue weighted by Crippen LogP contribution is 2.46. The van der Waals surface area contributed by atoms with Gasteiger partial charge in [0.15, 0.2) is 5.82 Å². The van der Waals surface area contributed by atoms with Gasteiger partial charge in [0.25, 0.3) is 0 Å². The fourth-order valence-corrected chi connectivity index (χ4v) is 8.82. The molecule has 1 atom stereocenters. The van der Waals surface area contributed by atoms with Crippen molar-refractivity contribution in [3.8, 4) is 0 Å². The van der Waals surface area contributed by atoms with Gasteiger partial charge in [0.05, 0.1) is 17.3 Å². The van der Waals surface area contributed by atoms with Crippen LogP contribution in [0.3, 0.4) is 0 Å². The number of hydrogen-bond acceptors (Lipinski definition) is 8. The van der Waals surface area contributed by atoms with Crippen molar-refractivity contribution in [2.24, 2.45) is 16.1 Å². The molecular weight excluding hydrogens is 532 g/mol. The van der Waals surface area contributed by atoms with E-state index in [0.29, 0.717) is 18.2 Å². The van der Waals surface area contributed by atoms with Gasteiger partial charge in [-0.2, -0.15) is 4.98 Å². The Hall–Kier alpha value is -1.64. The second-order valence-electron chi connectivity index (χ2n) is 18.0. The molecule has 246 valence electrons. The lowest BCUT2D eigenvalue weighted by molar-refractivity contribution is 0.00814. The average Bonchev–Trinajstić information content (AvgIpc) is 2.77. The molecule has 43 heavy (non-hydrogen) atoms. The van der Waals surface area contributed by atoms with Gasteiger partial charge >= 0.3 is 0 Å². The van der Waals surface area contributed by atoms with Gasteiger partial charge in [-0.05, 0) is 113 Å². The summed E-state index contributed by atoms with van der Waals surface area (Å²) >= 11 is 0. The monoisotopic (exact) mass is 599 g/mol. The van der Waals surface area contributed by atoms with E-state index in [2.05, 4.69) is 117 Å². The molecule has 0 amide bonds. The van der Waals surface area contributed by atoms with Gasteiger partial charge < -0.3 is 16.4 Å². The quantitative estimate of drug-likeness (QED) is 0.244. The van der Waals surface area contributed by atoms with Gasteiger partial charge in [-0.25, -0.2) is 9.97 Å². The van der Waals surface area contributed by atoms with Crippen molar-refractivity contribution in [3.63, 3.8) is 0 Å². The van der Waals surface area contributed by atoms with Crippen LogP contribution >= 0.6 is 0 Å². The Balaban J connectivity index is 2.13. The fourth-order valence-electron chi connectivity index (χ4n) is 8.82. The van der Waals surface area contributed by atoms with Crippen LogP contribution in [0, 0.1) is 5.41 Å². The maximum absolute atomic E-state index is 7.65. The zero-order valence-electron chi connectivity index (χ0n) is 30.3. The van der Waals surface area contributed by atoms with E-state index in [1.807, 2.05) is 0 Å². The minimum atomic E-state index is -0.931. The Labute approximate surface area is 264 Å². The number of likely N-dealkylation sites (tertiary alicyclic amines) is 1. The predicted molar refractivity (Wildman–Crippen MR) is 183 cm³/mol. The van der Waals surface area contributed by atoms with Crippen LogP contribution in [0.2, 0.25) is 0 Å². The number of nitrogens with zero attached hydrogens (tertiary/aromatic N) is 5. The number of anilines is 1. The van der Waals surface area contributed by atoms with E-state index >= 15 is 0 Å². The summed E-state index contributed by atoms with van der Waals surface area (Å²) in [4.78, 5) is 22.7. The molecule has 0 spiro atoms. The topological polar surface area (TPSA) is 104 Å². The smallest absolute Gasteiger partial charge is 0.226 e. The number of rotatable bonds is 10. The molecule has 0 aromatic carbocycles. The van der Waals surface area contributed by atoms with Crippen molar-refractivity contribution in [2.75, 3.05) is 11.9 Å². The summed E-state index contributed by atoms with van der Waals surface area (Å²) in [6, 6.07) is 0.150. The van der Waals surface area contributed by atoms with E-state index in [9.17, 15) is 0 Å². The molecule has 1 unspecified atom stereocenters. The van der Waals surface area contributed by atoms with Crippen molar-refractivity contribution in [1.29, 1.82) is 0 Å². The van der Waals surface area contributed by atoms with Crippen LogP contribution in [0.15, 0.2) is 11.3 Å². The van der Waals surface area contributed by atoms with Gasteiger partial charge in [0.2, 0.25) is 5.95 Å². The first-order valence-electron chi connectivity index (χ1n) is 16.8. The number of aromatic nitrogens is 3. The molecule has 3 rings (SSSR count). The first-order valence-corrected chi connectivity index (χ1v) is 16.8. The maximum atomic E-state index is 7.65. The van der Waals surface area contributed by atoms with E-state index in [1.54, 1.807) is 6.33 Å². The van der Waals surface area contributed by atoms with Crippen molar-refractivity contribution in [3.05, 3.63) is 12.2 Å².